The maximum atomic E-state index is 11.4. The largest absolute Gasteiger partial charge is 0.350 e. The highest BCUT2D eigenvalue weighted by Crippen LogP contribution is 1.91. The minimum Gasteiger partial charge on any atom is -0.350 e. The van der Waals surface area contributed by atoms with Crippen molar-refractivity contribution in [3.05, 3.63) is 12.7 Å². The summed E-state index contributed by atoms with van der Waals surface area (Å²) >= 11 is 0. The quantitative estimate of drug-likeness (QED) is 0.817. The molecule has 6 nitrogen and oxygen atoms in total. The molecule has 8 heteroatoms. The van der Waals surface area contributed by atoms with Crippen molar-refractivity contribution in [2.24, 2.45) is 5.73 Å². The normalized spacial score (nSPS) is 12.9. The van der Waals surface area contributed by atoms with Gasteiger partial charge in [0.05, 0.1) is 12.6 Å². The van der Waals surface area contributed by atoms with Gasteiger partial charge in [-0.3, -0.25) is 9.48 Å². The Morgan fingerprint density at radius 3 is 2.65 bits per heavy atom. The number of rotatable bonds is 5. The van der Waals surface area contributed by atoms with E-state index in [4.69, 9.17) is 5.73 Å². The Balaban J connectivity index is 0. The van der Waals surface area contributed by atoms with E-state index in [1.807, 2.05) is 13.8 Å². The first kappa shape index (κ1) is 18.5. The second-order valence-electron chi connectivity index (χ2n) is 3.54. The van der Waals surface area contributed by atoms with Crippen LogP contribution >= 0.6 is 24.8 Å². The fraction of sp³-hybridized carbons (Fsp3) is 0.667. The van der Waals surface area contributed by atoms with Gasteiger partial charge in [0, 0.05) is 6.04 Å². The number of halogens is 2. The molecule has 100 valence electrons. The Hall–Kier alpha value is -0.850. The van der Waals surface area contributed by atoms with Gasteiger partial charge in [-0.05, 0) is 13.3 Å². The average molecular weight is 284 g/mol. The number of nitrogens with two attached hydrogens (primary N) is 1. The molecule has 2 atom stereocenters. The zero-order chi connectivity index (χ0) is 11.3. The van der Waals surface area contributed by atoms with Gasteiger partial charge in [-0.25, -0.2) is 4.98 Å². The van der Waals surface area contributed by atoms with Crippen molar-refractivity contribution in [1.29, 1.82) is 0 Å². The molecule has 0 aliphatic rings. The van der Waals surface area contributed by atoms with E-state index in [1.165, 1.54) is 6.33 Å². The fourth-order valence-electron chi connectivity index (χ4n) is 1.19. The predicted molar refractivity (Wildman–Crippen MR) is 70.4 cm³/mol. The van der Waals surface area contributed by atoms with Crippen LogP contribution in [-0.4, -0.2) is 32.8 Å². The van der Waals surface area contributed by atoms with Gasteiger partial charge in [0.1, 0.15) is 12.7 Å². The molecule has 0 bridgehead atoms. The van der Waals surface area contributed by atoms with E-state index in [0.29, 0.717) is 13.0 Å². The number of hydrogen-bond acceptors (Lipinski definition) is 4. The third-order valence-corrected chi connectivity index (χ3v) is 2.09. The molecule has 1 heterocycles. The van der Waals surface area contributed by atoms with E-state index in [0.717, 1.165) is 0 Å². The monoisotopic (exact) mass is 283 g/mol. The average Bonchev–Trinajstić information content (AvgIpc) is 2.68. The Kier molecular flexibility index (Phi) is 10.0. The minimum absolute atomic E-state index is 0. The van der Waals surface area contributed by atoms with E-state index >= 15 is 0 Å². The summed E-state index contributed by atoms with van der Waals surface area (Å²) < 4.78 is 1.67. The number of aromatic nitrogens is 3. The SMILES string of the molecule is CC[C@H](N)C(=O)NC(C)Cn1cncn1.Cl.Cl. The molecule has 1 aromatic heterocycles. The number of carbonyl (C=O) groups is 1. The summed E-state index contributed by atoms with van der Waals surface area (Å²) in [6.45, 7) is 4.39. The minimum atomic E-state index is -0.428. The fourth-order valence-corrected chi connectivity index (χ4v) is 1.19. The molecule has 1 unspecified atom stereocenters. The van der Waals surface area contributed by atoms with Gasteiger partial charge in [-0.1, -0.05) is 6.92 Å². The van der Waals surface area contributed by atoms with Crippen molar-refractivity contribution in [3.63, 3.8) is 0 Å². The zero-order valence-corrected chi connectivity index (χ0v) is 11.5. The summed E-state index contributed by atoms with van der Waals surface area (Å²) in [6.07, 6.45) is 3.72. The highest BCUT2D eigenvalue weighted by atomic mass is 35.5. The molecule has 0 fully saturated rings. The van der Waals surface area contributed by atoms with Gasteiger partial charge in [-0.15, -0.1) is 24.8 Å². The first-order valence-corrected chi connectivity index (χ1v) is 5.01. The lowest BCUT2D eigenvalue weighted by Gasteiger charge is -2.16. The van der Waals surface area contributed by atoms with Gasteiger partial charge in [0.25, 0.3) is 0 Å². The second kappa shape index (κ2) is 9.21. The van der Waals surface area contributed by atoms with Crippen LogP contribution in [0.4, 0.5) is 0 Å². The molecule has 0 spiro atoms. The summed E-state index contributed by atoms with van der Waals surface area (Å²) in [6, 6.07) is -0.431. The number of carbonyl (C=O) groups excluding carboxylic acids is 1. The molecule has 0 radical (unpaired) electrons. The van der Waals surface area contributed by atoms with E-state index in [9.17, 15) is 4.79 Å². The zero-order valence-electron chi connectivity index (χ0n) is 9.87. The summed E-state index contributed by atoms with van der Waals surface area (Å²) in [5.41, 5.74) is 5.59. The molecule has 0 aromatic carbocycles. The van der Waals surface area contributed by atoms with E-state index in [-0.39, 0.29) is 36.8 Å². The van der Waals surface area contributed by atoms with Crippen molar-refractivity contribution in [1.82, 2.24) is 20.1 Å². The number of hydrogen-bond donors (Lipinski definition) is 2. The Labute approximate surface area is 113 Å². The first-order chi connectivity index (χ1) is 7.13. The van der Waals surface area contributed by atoms with E-state index in [2.05, 4.69) is 15.4 Å². The molecular weight excluding hydrogens is 265 g/mol. The van der Waals surface area contributed by atoms with Crippen molar-refractivity contribution in [2.45, 2.75) is 38.9 Å². The lowest BCUT2D eigenvalue weighted by Crippen LogP contribution is -2.45. The maximum absolute atomic E-state index is 11.4. The third kappa shape index (κ3) is 6.45. The lowest BCUT2D eigenvalue weighted by atomic mass is 10.2. The molecule has 1 amide bonds. The molecule has 17 heavy (non-hydrogen) atoms. The van der Waals surface area contributed by atoms with Crippen LogP contribution in [-0.2, 0) is 11.3 Å². The van der Waals surface area contributed by atoms with E-state index < -0.39 is 6.04 Å². The Bertz CT molecular complexity index is 306. The number of amides is 1. The number of nitrogens with one attached hydrogen (secondary N) is 1. The molecule has 0 aliphatic heterocycles. The predicted octanol–water partition coefficient (Wildman–Crippen LogP) is 0.364. The molecule has 0 aliphatic carbocycles. The van der Waals surface area contributed by atoms with Gasteiger partial charge < -0.3 is 11.1 Å². The van der Waals surface area contributed by atoms with Crippen LogP contribution in [0.1, 0.15) is 20.3 Å². The van der Waals surface area contributed by atoms with Crippen molar-refractivity contribution < 1.29 is 4.79 Å². The second-order valence-corrected chi connectivity index (χ2v) is 3.54. The van der Waals surface area contributed by atoms with Crippen molar-refractivity contribution >= 4 is 30.7 Å². The number of nitrogens with zero attached hydrogens (tertiary/aromatic N) is 3. The van der Waals surface area contributed by atoms with Crippen LogP contribution in [0.2, 0.25) is 0 Å². The summed E-state index contributed by atoms with van der Waals surface area (Å²) in [5, 5.41) is 6.77. The van der Waals surface area contributed by atoms with Gasteiger partial charge in [-0.2, -0.15) is 5.10 Å². The van der Waals surface area contributed by atoms with Crippen molar-refractivity contribution in [3.8, 4) is 0 Å². The van der Waals surface area contributed by atoms with Crippen LogP contribution in [0.3, 0.4) is 0 Å². The van der Waals surface area contributed by atoms with Crippen LogP contribution in [0.5, 0.6) is 0 Å². The highest BCUT2D eigenvalue weighted by Gasteiger charge is 2.13. The van der Waals surface area contributed by atoms with Crippen LogP contribution in [0, 0.1) is 0 Å². The highest BCUT2D eigenvalue weighted by molar-refractivity contribution is 5.85. The summed E-state index contributed by atoms with van der Waals surface area (Å²) in [7, 11) is 0. The lowest BCUT2D eigenvalue weighted by molar-refractivity contribution is -0.123. The standard InChI is InChI=1S/C9H17N5O.2ClH/c1-3-8(10)9(15)13-7(2)4-14-6-11-5-12-14;;/h5-8H,3-4,10H2,1-2H3,(H,13,15);2*1H/t7?,8-;;/m0../s1. The van der Waals surface area contributed by atoms with Gasteiger partial charge in [0.2, 0.25) is 5.91 Å². The molecular formula is C9H19Cl2N5O. The molecule has 0 saturated carbocycles. The van der Waals surface area contributed by atoms with Crippen LogP contribution < -0.4 is 11.1 Å². The van der Waals surface area contributed by atoms with Crippen molar-refractivity contribution in [2.75, 3.05) is 0 Å². The Morgan fingerprint density at radius 1 is 1.53 bits per heavy atom. The molecule has 1 rings (SSSR count). The summed E-state index contributed by atoms with van der Waals surface area (Å²) in [4.78, 5) is 15.3. The van der Waals surface area contributed by atoms with Gasteiger partial charge in [0.15, 0.2) is 0 Å². The van der Waals surface area contributed by atoms with Crippen LogP contribution in [0.15, 0.2) is 12.7 Å². The maximum Gasteiger partial charge on any atom is 0.237 e. The van der Waals surface area contributed by atoms with Crippen LogP contribution in [0.25, 0.3) is 0 Å². The summed E-state index contributed by atoms with van der Waals surface area (Å²) in [5.74, 6) is -0.120. The topological polar surface area (TPSA) is 85.8 Å². The van der Waals surface area contributed by atoms with E-state index in [1.54, 1.807) is 11.0 Å². The molecule has 3 N–H and O–H groups in total. The Morgan fingerprint density at radius 2 is 2.18 bits per heavy atom. The third-order valence-electron chi connectivity index (χ3n) is 2.09. The smallest absolute Gasteiger partial charge is 0.237 e. The van der Waals surface area contributed by atoms with Gasteiger partial charge >= 0.3 is 0 Å². The molecule has 1 aromatic rings. The molecule has 0 saturated heterocycles. The first-order valence-electron chi connectivity index (χ1n) is 5.01.